The third-order valence-electron chi connectivity index (χ3n) is 6.88. The second-order valence-electron chi connectivity index (χ2n) is 9.05. The molecule has 6 rings (SSSR count). The second kappa shape index (κ2) is 6.99. The molecule has 0 saturated heterocycles. The summed E-state index contributed by atoms with van der Waals surface area (Å²) in [5, 5.41) is 23.7. The van der Waals surface area contributed by atoms with Crippen molar-refractivity contribution in [2.45, 2.75) is 37.0 Å². The van der Waals surface area contributed by atoms with Gasteiger partial charge in [-0.3, -0.25) is 4.79 Å². The minimum atomic E-state index is -0.956. The fraction of sp³-hybridized carbons (Fsp3) is 0.280. The van der Waals surface area contributed by atoms with Crippen molar-refractivity contribution >= 4 is 16.7 Å². The lowest BCUT2D eigenvalue weighted by Gasteiger charge is -2.13. The molecule has 2 aliphatic rings. The van der Waals surface area contributed by atoms with Crippen molar-refractivity contribution in [3.05, 3.63) is 70.6 Å². The molecule has 33 heavy (non-hydrogen) atoms. The van der Waals surface area contributed by atoms with Gasteiger partial charge in [0.1, 0.15) is 11.6 Å². The third-order valence-corrected chi connectivity index (χ3v) is 6.88. The van der Waals surface area contributed by atoms with Crippen LogP contribution >= 0.6 is 0 Å². The van der Waals surface area contributed by atoms with Gasteiger partial charge < -0.3 is 19.7 Å². The number of hydrogen-bond donors (Lipinski definition) is 3. The van der Waals surface area contributed by atoms with E-state index in [0.717, 1.165) is 37.3 Å². The van der Waals surface area contributed by atoms with Crippen molar-refractivity contribution in [1.82, 2.24) is 10.1 Å². The van der Waals surface area contributed by atoms with Gasteiger partial charge in [0.25, 0.3) is 0 Å². The highest BCUT2D eigenvalue weighted by atomic mass is 19.1. The summed E-state index contributed by atoms with van der Waals surface area (Å²) in [5.41, 5.74) is 0.943. The summed E-state index contributed by atoms with van der Waals surface area (Å²) in [4.78, 5) is 15.6. The number of aromatic hydroxyl groups is 1. The first-order chi connectivity index (χ1) is 15.9. The van der Waals surface area contributed by atoms with Gasteiger partial charge in [-0.15, -0.1) is 0 Å². The summed E-state index contributed by atoms with van der Waals surface area (Å²) >= 11 is 0. The predicted molar refractivity (Wildman–Crippen MR) is 115 cm³/mol. The zero-order valence-corrected chi connectivity index (χ0v) is 17.5. The standard InChI is InChI=1S/C25H20F2N2O4/c26-15-9-17-20(21(24(32)28-17)23(31)18-10-16(29-33-18)12-1-2-12)22(27)19(15)13-3-5-14(6-4-13)25(11-30)7-8-25/h3-6,9-10,12,28,30,32H,1-2,7-8,11H2. The Hall–Kier alpha value is -3.52. The number of aliphatic hydroxyl groups excluding tert-OH is 1. The number of rotatable bonds is 6. The summed E-state index contributed by atoms with van der Waals surface area (Å²) in [6.45, 7) is 0.0270. The zero-order chi connectivity index (χ0) is 22.9. The molecule has 2 aromatic heterocycles. The molecule has 3 N–H and O–H groups in total. The molecule has 0 spiro atoms. The first-order valence-corrected chi connectivity index (χ1v) is 10.9. The van der Waals surface area contributed by atoms with Crippen molar-refractivity contribution in [2.24, 2.45) is 0 Å². The average molecular weight is 450 g/mol. The van der Waals surface area contributed by atoms with Gasteiger partial charge in [-0.1, -0.05) is 29.4 Å². The smallest absolute Gasteiger partial charge is 0.237 e. The maximum absolute atomic E-state index is 15.7. The molecule has 2 aromatic carbocycles. The Bertz CT molecular complexity index is 1410. The number of H-pyrrole nitrogens is 1. The number of carbonyl (C=O) groups is 1. The molecule has 6 nitrogen and oxygen atoms in total. The Labute approximate surface area is 186 Å². The average Bonchev–Trinajstić information content (AvgIpc) is 3.73. The number of fused-ring (bicyclic) bond motifs is 1. The summed E-state index contributed by atoms with van der Waals surface area (Å²) < 4.78 is 35.8. The van der Waals surface area contributed by atoms with Gasteiger partial charge in [-0.2, -0.15) is 0 Å². The molecule has 0 amide bonds. The van der Waals surface area contributed by atoms with Gasteiger partial charge >= 0.3 is 0 Å². The highest BCUT2D eigenvalue weighted by molar-refractivity contribution is 6.17. The van der Waals surface area contributed by atoms with Crippen LogP contribution in [-0.2, 0) is 5.41 Å². The van der Waals surface area contributed by atoms with E-state index < -0.39 is 23.3 Å². The summed E-state index contributed by atoms with van der Waals surface area (Å²) in [6, 6.07) is 9.29. The molecule has 2 fully saturated rings. The van der Waals surface area contributed by atoms with Crippen molar-refractivity contribution in [3.8, 4) is 17.0 Å². The van der Waals surface area contributed by atoms with Crippen molar-refractivity contribution in [3.63, 3.8) is 0 Å². The quantitative estimate of drug-likeness (QED) is 0.362. The number of aliphatic hydroxyl groups is 1. The summed E-state index contributed by atoms with van der Waals surface area (Å²) in [5.74, 6) is -2.93. The molecule has 2 heterocycles. The maximum Gasteiger partial charge on any atom is 0.237 e. The largest absolute Gasteiger partial charge is 0.494 e. The van der Waals surface area contributed by atoms with Crippen LogP contribution in [0.3, 0.4) is 0 Å². The molecule has 0 bridgehead atoms. The van der Waals surface area contributed by atoms with Gasteiger partial charge in [0.2, 0.25) is 17.4 Å². The van der Waals surface area contributed by atoms with Gasteiger partial charge in [0.15, 0.2) is 0 Å². The molecule has 0 unspecified atom stereocenters. The fourth-order valence-corrected chi connectivity index (χ4v) is 4.53. The Morgan fingerprint density at radius 3 is 2.55 bits per heavy atom. The zero-order valence-electron chi connectivity index (χ0n) is 17.5. The van der Waals surface area contributed by atoms with Crippen molar-refractivity contribution < 1.29 is 28.3 Å². The fourth-order valence-electron chi connectivity index (χ4n) is 4.53. The molecule has 4 aromatic rings. The number of carbonyl (C=O) groups excluding carboxylic acids is 1. The molecular weight excluding hydrogens is 430 g/mol. The van der Waals surface area contributed by atoms with Crippen LogP contribution in [0.5, 0.6) is 5.88 Å². The molecule has 168 valence electrons. The molecule has 2 saturated carbocycles. The Morgan fingerprint density at radius 1 is 1.18 bits per heavy atom. The molecule has 0 radical (unpaired) electrons. The number of benzene rings is 2. The lowest BCUT2D eigenvalue weighted by Crippen LogP contribution is -2.11. The van der Waals surface area contributed by atoms with Gasteiger partial charge in [0.05, 0.1) is 34.3 Å². The lowest BCUT2D eigenvalue weighted by atomic mass is 9.93. The third kappa shape index (κ3) is 3.08. The second-order valence-corrected chi connectivity index (χ2v) is 9.05. The molecule has 8 heteroatoms. The van der Waals surface area contributed by atoms with Crippen molar-refractivity contribution in [2.75, 3.05) is 6.61 Å². The van der Waals surface area contributed by atoms with Crippen LogP contribution in [0.2, 0.25) is 0 Å². The van der Waals surface area contributed by atoms with Gasteiger partial charge in [0, 0.05) is 17.4 Å². The molecule has 2 aliphatic carbocycles. The SMILES string of the molecule is O=C(c1cc(C2CC2)no1)c1c(O)[nH]c2cc(F)c(-c3ccc(C4(CO)CC4)cc3)c(F)c12. The molecule has 0 atom stereocenters. The van der Waals surface area contributed by atoms with Crippen LogP contribution in [-0.4, -0.2) is 32.7 Å². The van der Waals surface area contributed by atoms with Crippen LogP contribution in [0.1, 0.15) is 59.0 Å². The van der Waals surface area contributed by atoms with E-state index in [1.807, 2.05) is 0 Å². The van der Waals surface area contributed by atoms with Gasteiger partial charge in [-0.05, 0) is 42.9 Å². The van der Waals surface area contributed by atoms with E-state index in [0.29, 0.717) is 11.3 Å². The number of nitrogens with one attached hydrogen (secondary N) is 1. The Morgan fingerprint density at radius 2 is 1.91 bits per heavy atom. The summed E-state index contributed by atoms with van der Waals surface area (Å²) in [7, 11) is 0. The van der Waals surface area contributed by atoms with Crippen LogP contribution < -0.4 is 0 Å². The minimum absolute atomic E-state index is 0.0270. The summed E-state index contributed by atoms with van der Waals surface area (Å²) in [6.07, 6.45) is 3.67. The van der Waals surface area contributed by atoms with Crippen LogP contribution in [0, 0.1) is 11.6 Å². The normalized spacial score (nSPS) is 16.9. The number of ketones is 1. The minimum Gasteiger partial charge on any atom is -0.494 e. The lowest BCUT2D eigenvalue weighted by molar-refractivity contribution is 0.0999. The highest BCUT2D eigenvalue weighted by Gasteiger charge is 2.43. The molecular formula is C25H20F2N2O4. The number of aromatic amines is 1. The molecule has 0 aliphatic heterocycles. The highest BCUT2D eigenvalue weighted by Crippen LogP contribution is 2.48. The van der Waals surface area contributed by atoms with Crippen LogP contribution in [0.4, 0.5) is 8.78 Å². The number of aromatic nitrogens is 2. The monoisotopic (exact) mass is 450 g/mol. The predicted octanol–water partition coefficient (Wildman–Crippen LogP) is 4.94. The first-order valence-electron chi connectivity index (χ1n) is 10.9. The maximum atomic E-state index is 15.7. The Kier molecular flexibility index (Phi) is 4.26. The first kappa shape index (κ1) is 20.1. The number of nitrogens with zero attached hydrogens (tertiary/aromatic N) is 1. The van der Waals surface area contributed by atoms with E-state index in [1.54, 1.807) is 24.3 Å². The Balaban J connectivity index is 1.45. The van der Waals surface area contributed by atoms with Crippen LogP contribution in [0.25, 0.3) is 22.0 Å². The topological polar surface area (TPSA) is 99.4 Å². The van der Waals surface area contributed by atoms with Crippen LogP contribution in [0.15, 0.2) is 40.9 Å². The van der Waals surface area contributed by atoms with E-state index >= 15 is 4.39 Å². The van der Waals surface area contributed by atoms with E-state index in [2.05, 4.69) is 10.1 Å². The van der Waals surface area contributed by atoms with E-state index in [9.17, 15) is 19.4 Å². The van der Waals surface area contributed by atoms with Crippen molar-refractivity contribution in [1.29, 1.82) is 0 Å². The number of hydrogen-bond acceptors (Lipinski definition) is 5. The number of halogens is 2. The van der Waals surface area contributed by atoms with E-state index in [4.69, 9.17) is 4.52 Å². The van der Waals surface area contributed by atoms with E-state index in [-0.39, 0.29) is 45.7 Å². The van der Waals surface area contributed by atoms with Gasteiger partial charge in [-0.25, -0.2) is 8.78 Å². The van der Waals surface area contributed by atoms with E-state index in [1.165, 1.54) is 6.07 Å².